The van der Waals surface area contributed by atoms with Crippen molar-refractivity contribution >= 4 is 23.1 Å². The summed E-state index contributed by atoms with van der Waals surface area (Å²) in [7, 11) is 0. The summed E-state index contributed by atoms with van der Waals surface area (Å²) in [6.45, 7) is 2.15. The van der Waals surface area contributed by atoms with Gasteiger partial charge in [-0.15, -0.1) is 0 Å². The van der Waals surface area contributed by atoms with Crippen LogP contribution in [-0.2, 0) is 12.6 Å². The van der Waals surface area contributed by atoms with Crippen molar-refractivity contribution in [3.05, 3.63) is 65.9 Å². The third-order valence-corrected chi connectivity index (χ3v) is 6.10. The number of nitrogens with zero attached hydrogens (tertiary/aromatic N) is 2. The number of aryl methyl sites for hydroxylation is 1. The fourth-order valence-corrected chi connectivity index (χ4v) is 4.16. The molecule has 186 valence electrons. The van der Waals surface area contributed by atoms with Gasteiger partial charge in [0.2, 0.25) is 5.95 Å². The van der Waals surface area contributed by atoms with E-state index in [-0.39, 0.29) is 17.9 Å². The Hall–Kier alpha value is -3.29. The lowest BCUT2D eigenvalue weighted by atomic mass is 10.1. The number of benzene rings is 2. The summed E-state index contributed by atoms with van der Waals surface area (Å²) in [5, 5.41) is 5.80. The van der Waals surface area contributed by atoms with E-state index in [1.165, 1.54) is 12.8 Å². The van der Waals surface area contributed by atoms with E-state index in [0.717, 1.165) is 56.0 Å². The minimum absolute atomic E-state index is 0.0705. The summed E-state index contributed by atoms with van der Waals surface area (Å²) < 4.78 is 46.8. The average Bonchev–Trinajstić information content (AvgIpc) is 3.34. The topological polar surface area (TPSA) is 59.1 Å². The molecular formula is C27H31F3N4O. The molecule has 35 heavy (non-hydrogen) atoms. The first-order valence-corrected chi connectivity index (χ1v) is 12.2. The van der Waals surface area contributed by atoms with Crippen molar-refractivity contribution in [2.75, 3.05) is 10.6 Å². The van der Waals surface area contributed by atoms with E-state index in [2.05, 4.69) is 27.5 Å². The van der Waals surface area contributed by atoms with Gasteiger partial charge in [-0.25, -0.2) is 4.98 Å². The summed E-state index contributed by atoms with van der Waals surface area (Å²) >= 11 is 0. The summed E-state index contributed by atoms with van der Waals surface area (Å²) in [6.07, 6.45) is 5.33. The molecule has 8 heteroatoms. The third kappa shape index (κ3) is 7.10. The number of halogens is 3. The van der Waals surface area contributed by atoms with Gasteiger partial charge in [-0.1, -0.05) is 31.9 Å². The molecule has 1 fully saturated rings. The maximum atomic E-state index is 13.6. The van der Waals surface area contributed by atoms with Crippen LogP contribution in [0.25, 0.3) is 0 Å². The SMILES string of the molecule is CCCCCc1ccc(Nc2nc(Nc3ccc(OC4CCCC4)cc3)ncc2C(F)(F)F)cc1. The van der Waals surface area contributed by atoms with E-state index in [1.807, 2.05) is 24.3 Å². The number of ether oxygens (including phenoxy) is 1. The van der Waals surface area contributed by atoms with Crippen molar-refractivity contribution in [3.8, 4) is 5.75 Å². The molecule has 0 amide bonds. The number of unbranched alkanes of at least 4 members (excludes halogenated alkanes) is 2. The Labute approximate surface area is 204 Å². The molecular weight excluding hydrogens is 453 g/mol. The highest BCUT2D eigenvalue weighted by atomic mass is 19.4. The van der Waals surface area contributed by atoms with E-state index >= 15 is 0 Å². The molecule has 0 saturated heterocycles. The fourth-order valence-electron chi connectivity index (χ4n) is 4.16. The summed E-state index contributed by atoms with van der Waals surface area (Å²) in [4.78, 5) is 8.02. The van der Waals surface area contributed by atoms with Gasteiger partial charge in [-0.05, 0) is 80.5 Å². The smallest absolute Gasteiger partial charge is 0.421 e. The molecule has 2 N–H and O–H groups in total. The minimum Gasteiger partial charge on any atom is -0.490 e. The number of alkyl halides is 3. The highest BCUT2D eigenvalue weighted by molar-refractivity contribution is 5.63. The lowest BCUT2D eigenvalue weighted by Crippen LogP contribution is -2.12. The highest BCUT2D eigenvalue weighted by Gasteiger charge is 2.35. The Morgan fingerprint density at radius 3 is 2.23 bits per heavy atom. The molecule has 0 radical (unpaired) electrons. The van der Waals surface area contributed by atoms with Crippen LogP contribution in [0, 0.1) is 0 Å². The second kappa shape index (κ2) is 11.4. The normalized spacial score (nSPS) is 14.2. The Morgan fingerprint density at radius 2 is 1.57 bits per heavy atom. The summed E-state index contributed by atoms with van der Waals surface area (Å²) in [5.74, 6) is 0.548. The third-order valence-electron chi connectivity index (χ3n) is 6.10. The number of rotatable bonds is 10. The predicted octanol–water partition coefficient (Wildman–Crippen LogP) is 8.04. The molecule has 0 atom stereocenters. The van der Waals surface area contributed by atoms with Crippen LogP contribution in [0.3, 0.4) is 0 Å². The van der Waals surface area contributed by atoms with Crippen molar-refractivity contribution in [2.24, 2.45) is 0 Å². The van der Waals surface area contributed by atoms with E-state index in [9.17, 15) is 13.2 Å². The number of anilines is 4. The summed E-state index contributed by atoms with van der Waals surface area (Å²) in [5.41, 5.74) is 1.43. The fraction of sp³-hybridized carbons (Fsp3) is 0.407. The highest BCUT2D eigenvalue weighted by Crippen LogP contribution is 2.35. The van der Waals surface area contributed by atoms with Gasteiger partial charge in [-0.2, -0.15) is 18.2 Å². The molecule has 5 nitrogen and oxygen atoms in total. The van der Waals surface area contributed by atoms with Crippen LogP contribution in [-0.4, -0.2) is 16.1 Å². The standard InChI is InChI=1S/C27H31F3N4O/c1-2-3-4-7-19-10-12-20(13-11-19)32-25-24(27(28,29)30)18-31-26(34-25)33-21-14-16-23(17-15-21)35-22-8-5-6-9-22/h10-18,22H,2-9H2,1H3,(H2,31,32,33,34). The number of hydrogen-bond donors (Lipinski definition) is 2. The zero-order valence-electron chi connectivity index (χ0n) is 19.9. The van der Waals surface area contributed by atoms with Gasteiger partial charge in [0.1, 0.15) is 17.1 Å². The van der Waals surface area contributed by atoms with Gasteiger partial charge in [0, 0.05) is 17.6 Å². The maximum absolute atomic E-state index is 13.6. The van der Waals surface area contributed by atoms with Crippen molar-refractivity contribution < 1.29 is 17.9 Å². The van der Waals surface area contributed by atoms with Crippen molar-refractivity contribution in [1.82, 2.24) is 9.97 Å². The van der Waals surface area contributed by atoms with Gasteiger partial charge in [-0.3, -0.25) is 0 Å². The molecule has 1 heterocycles. The number of hydrogen-bond acceptors (Lipinski definition) is 5. The quantitative estimate of drug-likeness (QED) is 0.285. The zero-order valence-corrected chi connectivity index (χ0v) is 19.9. The van der Waals surface area contributed by atoms with Crippen LogP contribution in [0.15, 0.2) is 54.7 Å². The van der Waals surface area contributed by atoms with Crippen LogP contribution < -0.4 is 15.4 Å². The van der Waals surface area contributed by atoms with Crippen molar-refractivity contribution in [3.63, 3.8) is 0 Å². The monoisotopic (exact) mass is 484 g/mol. The Bertz CT molecular complexity index is 1080. The molecule has 1 saturated carbocycles. The van der Waals surface area contributed by atoms with Crippen molar-refractivity contribution in [2.45, 2.75) is 70.6 Å². The van der Waals surface area contributed by atoms with Crippen LogP contribution >= 0.6 is 0 Å². The zero-order chi connectivity index (χ0) is 24.7. The predicted molar refractivity (Wildman–Crippen MR) is 133 cm³/mol. The maximum Gasteiger partial charge on any atom is 0.421 e. The minimum atomic E-state index is -4.58. The largest absolute Gasteiger partial charge is 0.490 e. The van der Waals surface area contributed by atoms with E-state index in [1.54, 1.807) is 24.3 Å². The van der Waals surface area contributed by atoms with Crippen LogP contribution in [0.4, 0.5) is 36.3 Å². The number of aromatic nitrogens is 2. The first kappa shape index (κ1) is 24.8. The van der Waals surface area contributed by atoms with Gasteiger partial charge in [0.15, 0.2) is 0 Å². The van der Waals surface area contributed by atoms with E-state index < -0.39 is 11.7 Å². The van der Waals surface area contributed by atoms with Gasteiger partial charge in [0.25, 0.3) is 0 Å². The van der Waals surface area contributed by atoms with Crippen LogP contribution in [0.1, 0.15) is 63.0 Å². The van der Waals surface area contributed by atoms with E-state index in [0.29, 0.717) is 11.4 Å². The van der Waals surface area contributed by atoms with Gasteiger partial charge < -0.3 is 15.4 Å². The number of nitrogens with one attached hydrogen (secondary N) is 2. The van der Waals surface area contributed by atoms with Gasteiger partial charge in [0.05, 0.1) is 6.10 Å². The second-order valence-electron chi connectivity index (χ2n) is 8.91. The van der Waals surface area contributed by atoms with Gasteiger partial charge >= 0.3 is 6.18 Å². The molecule has 1 aromatic heterocycles. The first-order chi connectivity index (χ1) is 16.9. The second-order valence-corrected chi connectivity index (χ2v) is 8.91. The average molecular weight is 485 g/mol. The first-order valence-electron chi connectivity index (χ1n) is 12.2. The molecule has 0 unspecified atom stereocenters. The molecule has 0 bridgehead atoms. The lowest BCUT2D eigenvalue weighted by Gasteiger charge is -2.16. The van der Waals surface area contributed by atoms with Crippen LogP contribution in [0.2, 0.25) is 0 Å². The molecule has 1 aliphatic carbocycles. The summed E-state index contributed by atoms with van der Waals surface area (Å²) in [6, 6.07) is 14.7. The molecule has 4 rings (SSSR count). The Balaban J connectivity index is 1.46. The van der Waals surface area contributed by atoms with Crippen molar-refractivity contribution in [1.29, 1.82) is 0 Å². The molecule has 2 aromatic carbocycles. The molecule has 3 aromatic rings. The molecule has 1 aliphatic rings. The lowest BCUT2D eigenvalue weighted by molar-refractivity contribution is -0.137. The Morgan fingerprint density at radius 1 is 0.914 bits per heavy atom. The van der Waals surface area contributed by atoms with E-state index in [4.69, 9.17) is 4.74 Å². The molecule has 0 aliphatic heterocycles. The molecule has 0 spiro atoms. The van der Waals surface area contributed by atoms with Crippen LogP contribution in [0.5, 0.6) is 5.75 Å². The Kier molecular flexibility index (Phi) is 8.10.